The summed E-state index contributed by atoms with van der Waals surface area (Å²) in [6, 6.07) is 0.648. The number of guanidine groups is 1. The van der Waals surface area contributed by atoms with E-state index in [1.807, 2.05) is 0 Å². The largest absolute Gasteiger partial charge is 0.375 e. The van der Waals surface area contributed by atoms with E-state index in [9.17, 15) is 0 Å². The summed E-state index contributed by atoms with van der Waals surface area (Å²) in [4.78, 5) is 9.84. The quantitative estimate of drug-likeness (QED) is 0.362. The minimum absolute atomic E-state index is 0. The first-order valence-electron chi connectivity index (χ1n) is 10.5. The summed E-state index contributed by atoms with van der Waals surface area (Å²) < 4.78 is 17.9. The molecular formula is C19H35IN4O3. The van der Waals surface area contributed by atoms with E-state index in [4.69, 9.17) is 19.2 Å². The Bertz CT molecular complexity index is 490. The Morgan fingerprint density at radius 1 is 1.04 bits per heavy atom. The fraction of sp³-hybridized carbons (Fsp3) is 0.947. The van der Waals surface area contributed by atoms with Crippen LogP contribution in [0.15, 0.2) is 4.99 Å². The molecule has 0 aromatic heterocycles. The Labute approximate surface area is 180 Å². The zero-order valence-electron chi connectivity index (χ0n) is 16.5. The van der Waals surface area contributed by atoms with Gasteiger partial charge in [0.1, 0.15) is 6.10 Å². The van der Waals surface area contributed by atoms with Gasteiger partial charge < -0.3 is 24.4 Å². The van der Waals surface area contributed by atoms with Gasteiger partial charge in [-0.2, -0.15) is 0 Å². The van der Waals surface area contributed by atoms with Gasteiger partial charge in [0.15, 0.2) is 5.96 Å². The Morgan fingerprint density at radius 2 is 1.93 bits per heavy atom. The zero-order chi connectivity index (χ0) is 17.8. The second kappa shape index (κ2) is 10.6. The zero-order valence-corrected chi connectivity index (χ0v) is 18.8. The molecule has 0 spiro atoms. The molecule has 7 nitrogen and oxygen atoms in total. The van der Waals surface area contributed by atoms with E-state index < -0.39 is 0 Å². The van der Waals surface area contributed by atoms with Crippen molar-refractivity contribution in [3.05, 3.63) is 0 Å². The summed E-state index contributed by atoms with van der Waals surface area (Å²) in [7, 11) is 0. The minimum Gasteiger partial charge on any atom is -0.375 e. The maximum atomic E-state index is 6.07. The van der Waals surface area contributed by atoms with Gasteiger partial charge in [0, 0.05) is 38.8 Å². The van der Waals surface area contributed by atoms with Crippen LogP contribution in [0.3, 0.4) is 0 Å². The number of hydrogen-bond donors (Lipinski definition) is 1. The number of hydrogen-bond acceptors (Lipinski definition) is 5. The minimum atomic E-state index is 0. The van der Waals surface area contributed by atoms with E-state index in [2.05, 4.69) is 22.0 Å². The molecule has 4 atom stereocenters. The second-order valence-corrected chi connectivity index (χ2v) is 7.85. The molecule has 4 fully saturated rings. The molecule has 1 N–H and O–H groups in total. The van der Waals surface area contributed by atoms with Crippen LogP contribution in [0.4, 0.5) is 0 Å². The highest BCUT2D eigenvalue weighted by molar-refractivity contribution is 14.0. The molecule has 0 bridgehead atoms. The van der Waals surface area contributed by atoms with E-state index in [0.29, 0.717) is 6.04 Å². The van der Waals surface area contributed by atoms with Crippen LogP contribution in [0.1, 0.15) is 32.6 Å². The summed E-state index contributed by atoms with van der Waals surface area (Å²) in [5, 5.41) is 3.46. The molecule has 4 saturated heterocycles. The first-order valence-corrected chi connectivity index (χ1v) is 10.5. The number of fused-ring (bicyclic) bond motifs is 1. The van der Waals surface area contributed by atoms with E-state index >= 15 is 0 Å². The standard InChI is InChI=1S/C19H34N4O3.HI/c1-2-20-19(21-11-16-12-22-7-3-5-15(22)14-26-16)23-8-10-25-18(13-23)17-6-4-9-24-17;/h15-18H,2-14H2,1H3,(H,20,21);1H. The predicted octanol–water partition coefficient (Wildman–Crippen LogP) is 1.31. The average molecular weight is 494 g/mol. The molecule has 4 unspecified atom stereocenters. The van der Waals surface area contributed by atoms with Gasteiger partial charge >= 0.3 is 0 Å². The van der Waals surface area contributed by atoms with Crippen LogP contribution in [-0.2, 0) is 14.2 Å². The third-order valence-electron chi connectivity index (χ3n) is 6.01. The molecule has 0 aliphatic carbocycles. The number of nitrogens with zero attached hydrogens (tertiary/aromatic N) is 3. The molecule has 156 valence electrons. The topological polar surface area (TPSA) is 58.6 Å². The lowest BCUT2D eigenvalue weighted by Gasteiger charge is -2.38. The Kier molecular flexibility index (Phi) is 8.43. The van der Waals surface area contributed by atoms with E-state index in [0.717, 1.165) is 71.3 Å². The van der Waals surface area contributed by atoms with Crippen molar-refractivity contribution >= 4 is 29.9 Å². The first-order chi connectivity index (χ1) is 12.8. The van der Waals surface area contributed by atoms with Crippen molar-refractivity contribution in [1.82, 2.24) is 15.1 Å². The van der Waals surface area contributed by atoms with Crippen molar-refractivity contribution in [2.75, 3.05) is 59.1 Å². The Hall–Kier alpha value is -0.160. The lowest BCUT2D eigenvalue weighted by atomic mass is 10.1. The monoisotopic (exact) mass is 494 g/mol. The van der Waals surface area contributed by atoms with Crippen LogP contribution in [0.25, 0.3) is 0 Å². The van der Waals surface area contributed by atoms with Gasteiger partial charge in [-0.15, -0.1) is 24.0 Å². The number of ether oxygens (including phenoxy) is 3. The first kappa shape index (κ1) is 21.5. The van der Waals surface area contributed by atoms with Gasteiger partial charge in [0.2, 0.25) is 0 Å². The summed E-state index contributed by atoms with van der Waals surface area (Å²) in [6.07, 6.45) is 5.48. The molecule has 0 aromatic rings. The highest BCUT2D eigenvalue weighted by Crippen LogP contribution is 2.23. The molecule has 0 amide bonds. The van der Waals surface area contributed by atoms with Gasteiger partial charge in [-0.3, -0.25) is 9.89 Å². The fourth-order valence-corrected chi connectivity index (χ4v) is 4.60. The normalized spacial score (nSPS) is 35.0. The number of morpholine rings is 2. The van der Waals surface area contributed by atoms with Crippen molar-refractivity contribution in [3.8, 4) is 0 Å². The second-order valence-electron chi connectivity index (χ2n) is 7.85. The molecule has 4 rings (SSSR count). The van der Waals surface area contributed by atoms with Crippen LogP contribution < -0.4 is 5.32 Å². The van der Waals surface area contributed by atoms with Crippen molar-refractivity contribution < 1.29 is 14.2 Å². The van der Waals surface area contributed by atoms with Crippen LogP contribution in [0.2, 0.25) is 0 Å². The number of rotatable bonds is 4. The smallest absolute Gasteiger partial charge is 0.194 e. The van der Waals surface area contributed by atoms with Crippen molar-refractivity contribution in [3.63, 3.8) is 0 Å². The Morgan fingerprint density at radius 3 is 2.74 bits per heavy atom. The fourth-order valence-electron chi connectivity index (χ4n) is 4.60. The number of nitrogens with one attached hydrogen (secondary N) is 1. The molecule has 0 aromatic carbocycles. The van der Waals surface area contributed by atoms with Crippen molar-refractivity contribution in [2.45, 2.75) is 57.0 Å². The molecule has 4 aliphatic heterocycles. The highest BCUT2D eigenvalue weighted by Gasteiger charge is 2.34. The third kappa shape index (κ3) is 5.46. The lowest BCUT2D eigenvalue weighted by molar-refractivity contribution is -0.0818. The third-order valence-corrected chi connectivity index (χ3v) is 6.01. The molecule has 27 heavy (non-hydrogen) atoms. The molecule has 4 heterocycles. The average Bonchev–Trinajstić information content (AvgIpc) is 3.36. The van der Waals surface area contributed by atoms with Gasteiger partial charge in [0.05, 0.1) is 32.0 Å². The number of aliphatic imine (C=N–C) groups is 1. The number of halogens is 1. The maximum absolute atomic E-state index is 6.07. The van der Waals surface area contributed by atoms with Gasteiger partial charge in [-0.25, -0.2) is 0 Å². The van der Waals surface area contributed by atoms with Crippen molar-refractivity contribution in [2.24, 2.45) is 4.99 Å². The van der Waals surface area contributed by atoms with Crippen LogP contribution >= 0.6 is 24.0 Å². The summed E-state index contributed by atoms with van der Waals surface area (Å²) in [5.41, 5.74) is 0. The SMILES string of the molecule is CCNC(=NCC1CN2CCCC2CO1)N1CCOC(C2CCCO2)C1.I. The van der Waals surface area contributed by atoms with Gasteiger partial charge in [0.25, 0.3) is 0 Å². The lowest BCUT2D eigenvalue weighted by Crippen LogP contribution is -2.53. The molecule has 0 saturated carbocycles. The summed E-state index contributed by atoms with van der Waals surface area (Å²) in [6.45, 7) is 10.2. The van der Waals surface area contributed by atoms with E-state index in [1.54, 1.807) is 0 Å². The summed E-state index contributed by atoms with van der Waals surface area (Å²) in [5.74, 6) is 0.992. The molecular weight excluding hydrogens is 459 g/mol. The van der Waals surface area contributed by atoms with E-state index in [-0.39, 0.29) is 42.3 Å². The molecule has 4 aliphatic rings. The van der Waals surface area contributed by atoms with Crippen LogP contribution in [-0.4, -0.2) is 99.2 Å². The Balaban J connectivity index is 0.00000210. The predicted molar refractivity (Wildman–Crippen MR) is 116 cm³/mol. The van der Waals surface area contributed by atoms with Crippen molar-refractivity contribution in [1.29, 1.82) is 0 Å². The van der Waals surface area contributed by atoms with Crippen LogP contribution in [0, 0.1) is 0 Å². The summed E-state index contributed by atoms with van der Waals surface area (Å²) >= 11 is 0. The molecule has 8 heteroatoms. The van der Waals surface area contributed by atoms with Gasteiger partial charge in [-0.05, 0) is 39.2 Å². The van der Waals surface area contributed by atoms with Crippen LogP contribution in [0.5, 0.6) is 0 Å². The highest BCUT2D eigenvalue weighted by atomic mass is 127. The van der Waals surface area contributed by atoms with Gasteiger partial charge in [-0.1, -0.05) is 0 Å². The maximum Gasteiger partial charge on any atom is 0.194 e. The van der Waals surface area contributed by atoms with E-state index in [1.165, 1.54) is 19.4 Å². The molecule has 0 radical (unpaired) electrons.